The van der Waals surface area contributed by atoms with Crippen LogP contribution in [0.4, 0.5) is 17.1 Å². The highest BCUT2D eigenvalue weighted by atomic mass is 32.2. The van der Waals surface area contributed by atoms with Gasteiger partial charge < -0.3 is 15.0 Å². The van der Waals surface area contributed by atoms with Gasteiger partial charge in [0.2, 0.25) is 15.9 Å². The number of nitro benzene ring substituents is 1. The fraction of sp³-hybridized carbons (Fsp3) is 0.409. The molecule has 1 aliphatic heterocycles. The van der Waals surface area contributed by atoms with Crippen molar-refractivity contribution >= 4 is 33.0 Å². The Kier molecular flexibility index (Phi) is 8.01. The normalized spacial score (nSPS) is 14.6. The van der Waals surface area contributed by atoms with E-state index in [-0.39, 0.29) is 35.7 Å². The van der Waals surface area contributed by atoms with E-state index in [4.69, 9.17) is 4.74 Å². The quantitative estimate of drug-likeness (QED) is 0.436. The molecule has 0 bridgehead atoms. The summed E-state index contributed by atoms with van der Waals surface area (Å²) < 4.78 is 32.9. The zero-order chi connectivity index (χ0) is 24.0. The highest BCUT2D eigenvalue weighted by Crippen LogP contribution is 2.31. The van der Waals surface area contributed by atoms with Crippen molar-refractivity contribution in [1.82, 2.24) is 4.31 Å². The predicted octanol–water partition coefficient (Wildman–Crippen LogP) is 2.64. The van der Waals surface area contributed by atoms with Crippen LogP contribution in [0.3, 0.4) is 0 Å². The van der Waals surface area contributed by atoms with E-state index in [0.29, 0.717) is 37.7 Å². The molecular formula is C22H28N4O6S. The van der Waals surface area contributed by atoms with Crippen LogP contribution < -0.4 is 10.2 Å². The number of carbonyl (C=O) groups is 1. The third kappa shape index (κ3) is 5.67. The minimum absolute atomic E-state index is 0.0706. The van der Waals surface area contributed by atoms with Crippen molar-refractivity contribution in [2.75, 3.05) is 49.6 Å². The van der Waals surface area contributed by atoms with Crippen molar-refractivity contribution in [3.8, 4) is 0 Å². The molecule has 2 aromatic rings. The van der Waals surface area contributed by atoms with Gasteiger partial charge >= 0.3 is 0 Å². The first-order valence-corrected chi connectivity index (χ1v) is 12.2. The number of carbonyl (C=O) groups excluding carboxylic acids is 1. The number of nitrogens with zero attached hydrogens (tertiary/aromatic N) is 3. The maximum Gasteiger partial charge on any atom is 0.273 e. The van der Waals surface area contributed by atoms with E-state index in [1.807, 2.05) is 18.7 Å². The van der Waals surface area contributed by atoms with Crippen molar-refractivity contribution in [3.63, 3.8) is 0 Å². The molecule has 2 aromatic carbocycles. The van der Waals surface area contributed by atoms with Gasteiger partial charge in [0.15, 0.2) is 0 Å². The maximum atomic E-state index is 13.1. The van der Waals surface area contributed by atoms with Gasteiger partial charge in [-0.25, -0.2) is 8.42 Å². The number of nitrogens with one attached hydrogen (secondary N) is 1. The summed E-state index contributed by atoms with van der Waals surface area (Å²) in [7, 11) is -3.76. The van der Waals surface area contributed by atoms with Crippen LogP contribution in [0.2, 0.25) is 0 Å². The fourth-order valence-electron chi connectivity index (χ4n) is 3.76. The van der Waals surface area contributed by atoms with E-state index >= 15 is 0 Å². The number of para-hydroxylation sites is 1. The monoisotopic (exact) mass is 476 g/mol. The number of rotatable bonds is 9. The van der Waals surface area contributed by atoms with Crippen molar-refractivity contribution in [3.05, 3.63) is 58.1 Å². The van der Waals surface area contributed by atoms with Crippen molar-refractivity contribution in [2.45, 2.75) is 25.2 Å². The van der Waals surface area contributed by atoms with Crippen LogP contribution in [0.25, 0.3) is 0 Å². The van der Waals surface area contributed by atoms with Crippen LogP contribution in [0.1, 0.15) is 19.4 Å². The standard InChI is InChI=1S/C22H28N4O6S/c1-3-24(4-2)21-10-9-18(33(30,31)25-11-13-32-14-12-25)16-19(21)23-22(27)15-17-7-5-6-8-20(17)26(28)29/h5-10,16H,3-4,11-15H2,1-2H3,(H,23,27). The molecule has 0 aliphatic carbocycles. The van der Waals surface area contributed by atoms with Crippen molar-refractivity contribution in [1.29, 1.82) is 0 Å². The first-order valence-electron chi connectivity index (χ1n) is 10.8. The molecule has 0 aromatic heterocycles. The summed E-state index contributed by atoms with van der Waals surface area (Å²) in [5.74, 6) is -0.473. The van der Waals surface area contributed by atoms with E-state index in [1.54, 1.807) is 12.1 Å². The van der Waals surface area contributed by atoms with Crippen LogP contribution in [-0.2, 0) is 26.0 Å². The Hall–Kier alpha value is -3.02. The van der Waals surface area contributed by atoms with Crippen LogP contribution in [-0.4, -0.2) is 62.9 Å². The second-order valence-electron chi connectivity index (χ2n) is 7.48. The van der Waals surface area contributed by atoms with Gasteiger partial charge in [-0.05, 0) is 32.0 Å². The van der Waals surface area contributed by atoms with Gasteiger partial charge in [-0.15, -0.1) is 0 Å². The minimum atomic E-state index is -3.76. The average molecular weight is 477 g/mol. The first kappa shape index (κ1) is 24.6. The summed E-state index contributed by atoms with van der Waals surface area (Å²) in [4.78, 5) is 25.7. The van der Waals surface area contributed by atoms with Crippen LogP contribution in [0.5, 0.6) is 0 Å². The van der Waals surface area contributed by atoms with Gasteiger partial charge in [0.25, 0.3) is 5.69 Å². The number of anilines is 2. The van der Waals surface area contributed by atoms with E-state index < -0.39 is 20.9 Å². The average Bonchev–Trinajstić information content (AvgIpc) is 2.81. The lowest BCUT2D eigenvalue weighted by Gasteiger charge is -2.28. The lowest BCUT2D eigenvalue weighted by Crippen LogP contribution is -2.40. The number of morpholine rings is 1. The fourth-order valence-corrected chi connectivity index (χ4v) is 5.19. The van der Waals surface area contributed by atoms with Gasteiger partial charge in [0, 0.05) is 37.8 Å². The molecular weight excluding hydrogens is 448 g/mol. The van der Waals surface area contributed by atoms with E-state index in [9.17, 15) is 23.3 Å². The number of sulfonamides is 1. The van der Waals surface area contributed by atoms with Gasteiger partial charge in [-0.3, -0.25) is 14.9 Å². The topological polar surface area (TPSA) is 122 Å². The number of hydrogen-bond donors (Lipinski definition) is 1. The van der Waals surface area contributed by atoms with Crippen LogP contribution in [0, 0.1) is 10.1 Å². The Labute approximate surface area is 193 Å². The van der Waals surface area contributed by atoms with Crippen LogP contribution >= 0.6 is 0 Å². The second-order valence-corrected chi connectivity index (χ2v) is 9.42. The molecule has 0 radical (unpaired) electrons. The highest BCUT2D eigenvalue weighted by Gasteiger charge is 2.28. The zero-order valence-corrected chi connectivity index (χ0v) is 19.5. The molecule has 1 amide bonds. The molecule has 3 rings (SSSR count). The molecule has 0 unspecified atom stereocenters. The number of hydrogen-bond acceptors (Lipinski definition) is 7. The molecule has 1 N–H and O–H groups in total. The third-order valence-electron chi connectivity index (χ3n) is 5.49. The third-order valence-corrected chi connectivity index (χ3v) is 7.39. The zero-order valence-electron chi connectivity index (χ0n) is 18.7. The van der Waals surface area contributed by atoms with Gasteiger partial charge in [0.05, 0.1) is 40.8 Å². The predicted molar refractivity (Wildman–Crippen MR) is 125 cm³/mol. The molecule has 1 heterocycles. The van der Waals surface area contributed by atoms with Crippen molar-refractivity contribution < 1.29 is 22.9 Å². The molecule has 1 aliphatic rings. The largest absolute Gasteiger partial charge is 0.379 e. The molecule has 1 fully saturated rings. The minimum Gasteiger partial charge on any atom is -0.379 e. The molecule has 178 valence electrons. The number of amides is 1. The maximum absolute atomic E-state index is 13.1. The Balaban J connectivity index is 1.93. The summed E-state index contributed by atoms with van der Waals surface area (Å²) in [6.45, 7) is 6.41. The summed E-state index contributed by atoms with van der Waals surface area (Å²) >= 11 is 0. The highest BCUT2D eigenvalue weighted by molar-refractivity contribution is 7.89. The molecule has 0 saturated carbocycles. The molecule has 11 heteroatoms. The summed E-state index contributed by atoms with van der Waals surface area (Å²) in [5.41, 5.74) is 1.16. The van der Waals surface area contributed by atoms with E-state index in [2.05, 4.69) is 5.32 Å². The lowest BCUT2D eigenvalue weighted by molar-refractivity contribution is -0.385. The Morgan fingerprint density at radius 1 is 1.15 bits per heavy atom. The first-order chi connectivity index (χ1) is 15.8. The Bertz CT molecular complexity index is 1110. The van der Waals surface area contributed by atoms with Crippen molar-refractivity contribution in [2.24, 2.45) is 0 Å². The molecule has 10 nitrogen and oxygen atoms in total. The lowest BCUT2D eigenvalue weighted by atomic mass is 10.1. The van der Waals surface area contributed by atoms with Crippen LogP contribution in [0.15, 0.2) is 47.4 Å². The summed E-state index contributed by atoms with van der Waals surface area (Å²) in [6.07, 6.45) is -0.213. The SMILES string of the molecule is CCN(CC)c1ccc(S(=O)(=O)N2CCOCC2)cc1NC(=O)Cc1ccccc1[N+](=O)[O-]. The van der Waals surface area contributed by atoms with Gasteiger partial charge in [0.1, 0.15) is 0 Å². The summed E-state index contributed by atoms with van der Waals surface area (Å²) in [5, 5.41) is 14.1. The second kappa shape index (κ2) is 10.7. The number of nitro groups is 1. The molecule has 33 heavy (non-hydrogen) atoms. The molecule has 0 spiro atoms. The summed E-state index contributed by atoms with van der Waals surface area (Å²) in [6, 6.07) is 10.7. The Morgan fingerprint density at radius 2 is 1.82 bits per heavy atom. The van der Waals surface area contributed by atoms with Gasteiger partial charge in [-0.2, -0.15) is 4.31 Å². The Morgan fingerprint density at radius 3 is 2.45 bits per heavy atom. The smallest absolute Gasteiger partial charge is 0.273 e. The number of benzene rings is 2. The van der Waals surface area contributed by atoms with Gasteiger partial charge in [-0.1, -0.05) is 18.2 Å². The molecule has 1 saturated heterocycles. The van der Waals surface area contributed by atoms with E-state index in [1.165, 1.54) is 34.6 Å². The molecule has 0 atom stereocenters. The number of ether oxygens (including phenoxy) is 1. The van der Waals surface area contributed by atoms with E-state index in [0.717, 1.165) is 0 Å².